The van der Waals surface area contributed by atoms with E-state index in [1.54, 1.807) is 60.5 Å². The van der Waals surface area contributed by atoms with E-state index in [0.717, 1.165) is 28.1 Å². The van der Waals surface area contributed by atoms with Gasteiger partial charge in [0.1, 0.15) is 11.3 Å². The second kappa shape index (κ2) is 20.4. The van der Waals surface area contributed by atoms with Crippen LogP contribution in [0.15, 0.2) is 95.4 Å². The molecule has 1 aromatic heterocycles. The molecule has 0 saturated carbocycles. The highest BCUT2D eigenvalue weighted by Crippen LogP contribution is 2.34. The largest absolute Gasteiger partial charge is 0.495 e. The molecule has 0 fully saturated rings. The fourth-order valence-electron chi connectivity index (χ4n) is 5.73. The van der Waals surface area contributed by atoms with Crippen LogP contribution in [0.4, 0.5) is 56.9 Å². The molecule has 18 heteroatoms. The van der Waals surface area contributed by atoms with Crippen molar-refractivity contribution in [3.8, 4) is 5.75 Å². The summed E-state index contributed by atoms with van der Waals surface area (Å²) in [5.41, 5.74) is 27.5. The number of fused-ring (bicyclic) bond motifs is 1. The molecule has 61 heavy (non-hydrogen) atoms. The highest BCUT2D eigenvalue weighted by Gasteiger charge is 2.19. The molecule has 0 saturated heterocycles. The van der Waals surface area contributed by atoms with Gasteiger partial charge < -0.3 is 52.7 Å². The number of nitrogens with one attached hydrogen (secondary N) is 5. The number of hydrazine groups is 1. The maximum Gasteiger partial charge on any atom is 0.337 e. The van der Waals surface area contributed by atoms with E-state index in [9.17, 15) is 29.1 Å². The molecule has 0 spiro atoms. The van der Waals surface area contributed by atoms with Gasteiger partial charge in [-0.15, -0.1) is 0 Å². The average molecular weight is 833 g/mol. The van der Waals surface area contributed by atoms with Gasteiger partial charge >= 0.3 is 5.97 Å². The highest BCUT2D eigenvalue weighted by molar-refractivity contribution is 6.08. The van der Waals surface area contributed by atoms with E-state index >= 15 is 0 Å². The molecule has 12 N–H and O–H groups in total. The van der Waals surface area contributed by atoms with E-state index in [2.05, 4.69) is 31.7 Å². The zero-order valence-electron chi connectivity index (χ0n) is 34.6. The summed E-state index contributed by atoms with van der Waals surface area (Å²) in [5, 5.41) is 21.9. The molecule has 0 aliphatic heterocycles. The lowest BCUT2D eigenvalue weighted by molar-refractivity contribution is -0.119. The topological polar surface area (TPSA) is 282 Å². The molecule has 0 aliphatic rings. The summed E-state index contributed by atoms with van der Waals surface area (Å²) in [5.74, 6) is -1.33. The average Bonchev–Trinajstić information content (AvgIpc) is 3.56. The van der Waals surface area contributed by atoms with Crippen LogP contribution >= 0.6 is 0 Å². The summed E-state index contributed by atoms with van der Waals surface area (Å²) in [6.45, 7) is 9.21. The van der Waals surface area contributed by atoms with Crippen LogP contribution in [0, 0.1) is 13.8 Å². The number of carboxylic acid groups (broad SMARTS) is 1. The smallest absolute Gasteiger partial charge is 0.337 e. The Morgan fingerprint density at radius 3 is 1.92 bits per heavy atom. The lowest BCUT2D eigenvalue weighted by atomic mass is 10.1. The second-order valence-corrected chi connectivity index (χ2v) is 13.4. The molecule has 0 radical (unpaired) electrons. The van der Waals surface area contributed by atoms with Crippen LogP contribution in [-0.2, 0) is 19.2 Å². The van der Waals surface area contributed by atoms with Gasteiger partial charge in [0.05, 0.1) is 41.1 Å². The number of nitrogen functional groups attached to an aromatic ring is 3. The number of rotatable bonds is 10. The fraction of sp³-hybridized carbons (Fsp3) is 0.163. The number of benzene rings is 5. The molecular formula is C43H48N10O8. The minimum absolute atomic E-state index is 0.00522. The minimum Gasteiger partial charge on any atom is -0.495 e. The van der Waals surface area contributed by atoms with Crippen molar-refractivity contribution in [2.24, 2.45) is 0 Å². The number of carbonyl (C=O) groups excluding carboxylic acids is 4. The zero-order chi connectivity index (χ0) is 45.0. The lowest BCUT2D eigenvalue weighted by Crippen LogP contribution is -2.37. The number of carbonyl (C=O) groups is 5. The van der Waals surface area contributed by atoms with Crippen molar-refractivity contribution < 1.29 is 38.2 Å². The van der Waals surface area contributed by atoms with Gasteiger partial charge in [-0.2, -0.15) is 0 Å². The first-order valence-corrected chi connectivity index (χ1v) is 18.4. The monoisotopic (exact) mass is 832 g/mol. The summed E-state index contributed by atoms with van der Waals surface area (Å²) < 4.78 is 10.7. The summed E-state index contributed by atoms with van der Waals surface area (Å²) in [4.78, 5) is 61.1. The predicted molar refractivity (Wildman–Crippen MR) is 238 cm³/mol. The van der Waals surface area contributed by atoms with E-state index in [-0.39, 0.29) is 28.8 Å². The van der Waals surface area contributed by atoms with E-state index in [1.807, 2.05) is 37.3 Å². The van der Waals surface area contributed by atoms with Gasteiger partial charge in [0.25, 0.3) is 0 Å². The number of aryl methyl sites for hydroxylation is 2. The summed E-state index contributed by atoms with van der Waals surface area (Å²) in [6, 6.07) is 26.0. The van der Waals surface area contributed by atoms with Crippen molar-refractivity contribution in [2.75, 3.05) is 50.6 Å². The first kappa shape index (κ1) is 45.4. The SMILES string of the molecule is CC(=O)NN(c1ccc2nc(C)oc2c1)c1ccc(N)cc1C.CC(=O)Nc1ccc(N)cc1.COc1cc(Nc2cc(NC(C)=O)c(NC(C)=O)c(C(=O)O)c2)ccc1N. The Labute approximate surface area is 351 Å². The standard InChI is InChI=1S/C18H20N4O5.C17H18N4O2.C8H10N2O/c1-9(23)20-15-7-12(6-13(18(25)26)17(15)21-10(2)24)22-11-4-5-14(19)16(8-11)27-3;1-10-8-13(18)4-7-16(10)21(20-11(2)22)14-5-6-15-17(9-14)23-12(3)19-15;1-6(11)10-8-4-2-7(9)3-5-8/h4-8,22H,19H2,1-3H3,(H,20,23)(H,21,24)(H,25,26);4-9H,18H2,1-3H3,(H,20,22);2-5H,9H2,1H3,(H,10,11). The highest BCUT2D eigenvalue weighted by atomic mass is 16.5. The first-order chi connectivity index (χ1) is 28.8. The van der Waals surface area contributed by atoms with Crippen LogP contribution in [0.25, 0.3) is 11.1 Å². The van der Waals surface area contributed by atoms with E-state index < -0.39 is 17.8 Å². The van der Waals surface area contributed by atoms with Crippen LogP contribution in [0.3, 0.4) is 0 Å². The molecule has 318 valence electrons. The predicted octanol–water partition coefficient (Wildman–Crippen LogP) is 7.08. The molecule has 18 nitrogen and oxygen atoms in total. The Morgan fingerprint density at radius 2 is 1.33 bits per heavy atom. The Kier molecular flexibility index (Phi) is 15.2. The van der Waals surface area contributed by atoms with Gasteiger partial charge in [-0.3, -0.25) is 29.6 Å². The second-order valence-electron chi connectivity index (χ2n) is 13.4. The molecule has 6 rings (SSSR count). The van der Waals surface area contributed by atoms with Gasteiger partial charge in [0.2, 0.25) is 23.6 Å². The molecule has 0 atom stereocenters. The number of aromatic carboxylic acids is 1. The number of methoxy groups -OCH3 is 1. The lowest BCUT2D eigenvalue weighted by Gasteiger charge is -2.26. The minimum atomic E-state index is -1.26. The van der Waals surface area contributed by atoms with Crippen LogP contribution < -0.4 is 53.6 Å². The number of anilines is 10. The zero-order valence-corrected chi connectivity index (χ0v) is 34.6. The van der Waals surface area contributed by atoms with Crippen molar-refractivity contribution in [1.82, 2.24) is 10.4 Å². The van der Waals surface area contributed by atoms with Crippen LogP contribution in [0.5, 0.6) is 5.75 Å². The summed E-state index contributed by atoms with van der Waals surface area (Å²) >= 11 is 0. The quantitative estimate of drug-likeness (QED) is 0.0493. The number of aromatic nitrogens is 1. The number of hydrogen-bond acceptors (Lipinski definition) is 13. The normalized spacial score (nSPS) is 10.1. The Morgan fingerprint density at radius 1 is 0.689 bits per heavy atom. The van der Waals surface area contributed by atoms with Crippen LogP contribution in [0.2, 0.25) is 0 Å². The summed E-state index contributed by atoms with van der Waals surface area (Å²) in [6.07, 6.45) is 0. The molecule has 6 aromatic rings. The van der Waals surface area contributed by atoms with Crippen molar-refractivity contribution in [3.63, 3.8) is 0 Å². The molecule has 0 aliphatic carbocycles. The molecule has 0 unspecified atom stereocenters. The fourth-order valence-corrected chi connectivity index (χ4v) is 5.73. The van der Waals surface area contributed by atoms with Crippen molar-refractivity contribution in [1.29, 1.82) is 0 Å². The number of nitrogens with zero attached hydrogens (tertiary/aromatic N) is 2. The number of carboxylic acids is 1. The maximum atomic E-state index is 11.7. The molecule has 0 bridgehead atoms. The van der Waals surface area contributed by atoms with E-state index in [0.29, 0.717) is 45.7 Å². The third-order valence-electron chi connectivity index (χ3n) is 8.20. The third kappa shape index (κ3) is 13.1. The van der Waals surface area contributed by atoms with Crippen molar-refractivity contribution in [2.45, 2.75) is 41.5 Å². The van der Waals surface area contributed by atoms with Gasteiger partial charge in [-0.05, 0) is 91.3 Å². The Bertz CT molecular complexity index is 2570. The van der Waals surface area contributed by atoms with Gasteiger partial charge in [-0.25, -0.2) is 9.78 Å². The Hall–Kier alpha value is -8.28. The molecule has 4 amide bonds. The number of oxazole rings is 1. The maximum absolute atomic E-state index is 11.7. The number of amides is 4. The Balaban J connectivity index is 0.000000218. The van der Waals surface area contributed by atoms with Gasteiger partial charge in [0.15, 0.2) is 11.5 Å². The molecule has 5 aromatic carbocycles. The number of hydrogen-bond donors (Lipinski definition) is 9. The first-order valence-electron chi connectivity index (χ1n) is 18.4. The number of nitrogens with two attached hydrogens (primary N) is 3. The van der Waals surface area contributed by atoms with Crippen molar-refractivity contribution in [3.05, 3.63) is 108 Å². The van der Waals surface area contributed by atoms with Crippen LogP contribution in [0.1, 0.15) is 49.5 Å². The van der Waals surface area contributed by atoms with Gasteiger partial charge in [-0.1, -0.05) is 0 Å². The van der Waals surface area contributed by atoms with Crippen molar-refractivity contribution >= 4 is 97.6 Å². The van der Waals surface area contributed by atoms with Gasteiger partial charge in [0, 0.05) is 75.2 Å². The third-order valence-corrected chi connectivity index (χ3v) is 8.20. The van der Waals surface area contributed by atoms with E-state index in [4.69, 9.17) is 26.4 Å². The molecular weight excluding hydrogens is 785 g/mol. The van der Waals surface area contributed by atoms with E-state index in [1.165, 1.54) is 46.9 Å². The summed E-state index contributed by atoms with van der Waals surface area (Å²) in [7, 11) is 1.48. The molecule has 1 heterocycles. The van der Waals surface area contributed by atoms with Crippen LogP contribution in [-0.4, -0.2) is 46.8 Å². The number of ether oxygens (including phenoxy) is 1.